The Balaban J connectivity index is 1.74. The molecular formula is C18H28N4O2. The van der Waals surface area contributed by atoms with Crippen molar-refractivity contribution in [2.45, 2.75) is 65.0 Å². The van der Waals surface area contributed by atoms with Gasteiger partial charge in [-0.2, -0.15) is 0 Å². The molecule has 1 aliphatic heterocycles. The maximum atomic E-state index is 12.3. The second kappa shape index (κ2) is 6.22. The van der Waals surface area contributed by atoms with Crippen molar-refractivity contribution >= 4 is 11.9 Å². The number of anilines is 1. The summed E-state index contributed by atoms with van der Waals surface area (Å²) < 4.78 is 5.50. The Morgan fingerprint density at radius 2 is 2.00 bits per heavy atom. The second-order valence-corrected chi connectivity index (χ2v) is 7.97. The van der Waals surface area contributed by atoms with Crippen molar-refractivity contribution < 1.29 is 9.53 Å². The van der Waals surface area contributed by atoms with Gasteiger partial charge in [-0.25, -0.2) is 14.8 Å². The third kappa shape index (κ3) is 3.32. The quantitative estimate of drug-likeness (QED) is 0.791. The molecule has 0 saturated carbocycles. The van der Waals surface area contributed by atoms with Crippen molar-refractivity contribution in [1.29, 1.82) is 0 Å². The van der Waals surface area contributed by atoms with Crippen molar-refractivity contribution in [1.82, 2.24) is 14.9 Å². The first kappa shape index (κ1) is 17.0. The Labute approximate surface area is 144 Å². The summed E-state index contributed by atoms with van der Waals surface area (Å²) in [5.74, 6) is 1.56. The fourth-order valence-electron chi connectivity index (χ4n) is 3.62. The number of carbonyl (C=O) groups is 1. The van der Waals surface area contributed by atoms with Crippen LogP contribution in [-0.4, -0.2) is 52.2 Å². The van der Waals surface area contributed by atoms with Gasteiger partial charge in [0.2, 0.25) is 0 Å². The van der Waals surface area contributed by atoms with Crippen molar-refractivity contribution in [3.63, 3.8) is 0 Å². The van der Waals surface area contributed by atoms with Crippen LogP contribution in [0.25, 0.3) is 0 Å². The highest BCUT2D eigenvalue weighted by atomic mass is 16.6. The number of ether oxygens (including phenoxy) is 1. The van der Waals surface area contributed by atoms with Gasteiger partial charge in [-0.3, -0.25) is 0 Å². The largest absolute Gasteiger partial charge is 0.444 e. The minimum absolute atomic E-state index is 0.207. The van der Waals surface area contributed by atoms with Gasteiger partial charge in [-0.05, 0) is 46.5 Å². The topological polar surface area (TPSA) is 58.6 Å². The molecule has 0 N–H and O–H groups in total. The standard InChI is InChI=1S/C18H28N4O2/c1-12-6-7-14-15(12)16(20-11-19-14)22-9-8-21(10-13(22)2)17(23)24-18(3,4)5/h11-13H,6-10H2,1-5H3/t12-,13+/m1/s1. The highest BCUT2D eigenvalue weighted by Crippen LogP contribution is 2.38. The van der Waals surface area contributed by atoms with Crippen LogP contribution >= 0.6 is 0 Å². The summed E-state index contributed by atoms with van der Waals surface area (Å²) in [4.78, 5) is 25.5. The zero-order valence-electron chi connectivity index (χ0n) is 15.4. The number of amides is 1. The molecule has 2 heterocycles. The summed E-state index contributed by atoms with van der Waals surface area (Å²) in [7, 11) is 0. The number of rotatable bonds is 1. The van der Waals surface area contributed by atoms with Crippen LogP contribution in [0.5, 0.6) is 0 Å². The van der Waals surface area contributed by atoms with E-state index in [4.69, 9.17) is 4.74 Å². The Bertz CT molecular complexity index is 626. The fourth-order valence-corrected chi connectivity index (χ4v) is 3.62. The zero-order chi connectivity index (χ0) is 17.5. The molecule has 2 aliphatic rings. The Morgan fingerprint density at radius 3 is 2.67 bits per heavy atom. The lowest BCUT2D eigenvalue weighted by Crippen LogP contribution is -2.55. The molecule has 0 radical (unpaired) electrons. The van der Waals surface area contributed by atoms with Crippen LogP contribution in [0.4, 0.5) is 10.6 Å². The Kier molecular flexibility index (Phi) is 4.40. The zero-order valence-corrected chi connectivity index (χ0v) is 15.4. The van der Waals surface area contributed by atoms with Gasteiger partial charge in [0, 0.05) is 36.9 Å². The number of aromatic nitrogens is 2. The first-order chi connectivity index (χ1) is 11.3. The molecule has 3 rings (SSSR count). The van der Waals surface area contributed by atoms with E-state index in [-0.39, 0.29) is 12.1 Å². The molecule has 1 fully saturated rings. The summed E-state index contributed by atoms with van der Waals surface area (Å²) in [6.07, 6.45) is 3.64. The highest BCUT2D eigenvalue weighted by Gasteiger charge is 2.33. The molecule has 6 heteroatoms. The molecule has 0 bridgehead atoms. The monoisotopic (exact) mass is 332 g/mol. The minimum atomic E-state index is -0.458. The maximum Gasteiger partial charge on any atom is 0.410 e. The van der Waals surface area contributed by atoms with E-state index in [9.17, 15) is 4.79 Å². The Morgan fingerprint density at radius 1 is 1.25 bits per heavy atom. The van der Waals surface area contributed by atoms with Crippen LogP contribution in [0.1, 0.15) is 58.2 Å². The average Bonchev–Trinajstić information content (AvgIpc) is 2.87. The number of nitrogens with zero attached hydrogens (tertiary/aromatic N) is 4. The molecule has 1 saturated heterocycles. The van der Waals surface area contributed by atoms with E-state index < -0.39 is 5.60 Å². The molecular weight excluding hydrogens is 304 g/mol. The van der Waals surface area contributed by atoms with Gasteiger partial charge in [0.25, 0.3) is 0 Å². The van der Waals surface area contributed by atoms with Crippen LogP contribution in [-0.2, 0) is 11.2 Å². The molecule has 1 aromatic heterocycles. The lowest BCUT2D eigenvalue weighted by Gasteiger charge is -2.41. The molecule has 2 atom stereocenters. The van der Waals surface area contributed by atoms with E-state index in [1.54, 1.807) is 11.2 Å². The summed E-state index contributed by atoms with van der Waals surface area (Å²) in [5, 5.41) is 0. The van der Waals surface area contributed by atoms with Crippen LogP contribution in [0, 0.1) is 0 Å². The smallest absolute Gasteiger partial charge is 0.410 e. The molecule has 0 unspecified atom stereocenters. The highest BCUT2D eigenvalue weighted by molar-refractivity contribution is 5.69. The van der Waals surface area contributed by atoms with Crippen molar-refractivity contribution in [2.24, 2.45) is 0 Å². The molecule has 1 aromatic rings. The minimum Gasteiger partial charge on any atom is -0.444 e. The van der Waals surface area contributed by atoms with Gasteiger partial charge >= 0.3 is 6.09 Å². The summed E-state index contributed by atoms with van der Waals surface area (Å²) in [6, 6.07) is 0.207. The molecule has 0 spiro atoms. The molecule has 132 valence electrons. The molecule has 6 nitrogen and oxygen atoms in total. The van der Waals surface area contributed by atoms with Crippen molar-refractivity contribution in [2.75, 3.05) is 24.5 Å². The SMILES string of the molecule is C[C@@H]1CCc2ncnc(N3CCN(C(=O)OC(C)(C)C)C[C@@H]3C)c21. The third-order valence-corrected chi connectivity index (χ3v) is 4.80. The lowest BCUT2D eigenvalue weighted by molar-refractivity contribution is 0.0218. The number of hydrogen-bond donors (Lipinski definition) is 0. The normalized spacial score (nSPS) is 24.0. The van der Waals surface area contributed by atoms with Crippen LogP contribution in [0.15, 0.2) is 6.33 Å². The predicted octanol–water partition coefficient (Wildman–Crippen LogP) is 2.97. The number of hydrogen-bond acceptors (Lipinski definition) is 5. The van der Waals surface area contributed by atoms with E-state index in [1.807, 2.05) is 20.8 Å². The average molecular weight is 332 g/mol. The van der Waals surface area contributed by atoms with Gasteiger partial charge in [0.05, 0.1) is 0 Å². The second-order valence-electron chi connectivity index (χ2n) is 7.97. The van der Waals surface area contributed by atoms with E-state index in [0.717, 1.165) is 25.2 Å². The van der Waals surface area contributed by atoms with E-state index in [0.29, 0.717) is 19.0 Å². The summed E-state index contributed by atoms with van der Waals surface area (Å²) in [6.45, 7) is 12.2. The number of fused-ring (bicyclic) bond motifs is 1. The number of piperazine rings is 1. The third-order valence-electron chi connectivity index (χ3n) is 4.80. The first-order valence-corrected chi connectivity index (χ1v) is 8.84. The molecule has 1 aliphatic carbocycles. The van der Waals surface area contributed by atoms with Crippen molar-refractivity contribution in [3.05, 3.63) is 17.6 Å². The van der Waals surface area contributed by atoms with Gasteiger partial charge in [0.15, 0.2) is 0 Å². The molecule has 0 aromatic carbocycles. The molecule has 24 heavy (non-hydrogen) atoms. The van der Waals surface area contributed by atoms with Crippen LogP contribution in [0.3, 0.4) is 0 Å². The van der Waals surface area contributed by atoms with Gasteiger partial charge in [-0.15, -0.1) is 0 Å². The van der Waals surface area contributed by atoms with Crippen LogP contribution in [0.2, 0.25) is 0 Å². The van der Waals surface area contributed by atoms with Gasteiger partial charge < -0.3 is 14.5 Å². The van der Waals surface area contributed by atoms with E-state index in [1.165, 1.54) is 11.3 Å². The first-order valence-electron chi connectivity index (χ1n) is 8.84. The lowest BCUT2D eigenvalue weighted by atomic mass is 10.0. The molecule has 1 amide bonds. The maximum absolute atomic E-state index is 12.3. The van der Waals surface area contributed by atoms with Crippen LogP contribution < -0.4 is 4.90 Å². The van der Waals surface area contributed by atoms with E-state index in [2.05, 4.69) is 28.7 Å². The van der Waals surface area contributed by atoms with Gasteiger partial charge in [0.1, 0.15) is 17.7 Å². The Hall–Kier alpha value is -1.85. The fraction of sp³-hybridized carbons (Fsp3) is 0.722. The number of carbonyl (C=O) groups excluding carboxylic acids is 1. The summed E-state index contributed by atoms with van der Waals surface area (Å²) >= 11 is 0. The van der Waals surface area contributed by atoms with Crippen molar-refractivity contribution in [3.8, 4) is 0 Å². The number of aryl methyl sites for hydroxylation is 1. The van der Waals surface area contributed by atoms with E-state index >= 15 is 0 Å². The van der Waals surface area contributed by atoms with Gasteiger partial charge in [-0.1, -0.05) is 6.92 Å². The summed E-state index contributed by atoms with van der Waals surface area (Å²) in [5.41, 5.74) is 2.03. The predicted molar refractivity (Wildman–Crippen MR) is 93.4 cm³/mol.